The summed E-state index contributed by atoms with van der Waals surface area (Å²) in [6, 6.07) is 15.9. The van der Waals surface area contributed by atoms with Crippen molar-refractivity contribution in [2.75, 3.05) is 5.32 Å². The van der Waals surface area contributed by atoms with Crippen molar-refractivity contribution in [2.45, 2.75) is 25.3 Å². The van der Waals surface area contributed by atoms with E-state index in [1.807, 2.05) is 0 Å². The van der Waals surface area contributed by atoms with Crippen molar-refractivity contribution in [3.8, 4) is 0 Å². The number of aryl methyl sites for hydroxylation is 1. The Bertz CT molecular complexity index is 719. The van der Waals surface area contributed by atoms with Crippen LogP contribution in [0.4, 0.5) is 5.69 Å². The second-order valence-electron chi connectivity index (χ2n) is 6.12. The molecule has 0 radical (unpaired) electrons. The molecule has 2 aliphatic rings. The molecule has 2 heteroatoms. The number of fused-ring (bicyclic) bond motifs is 3. The third-order valence-corrected chi connectivity index (χ3v) is 5.22. The molecule has 0 amide bonds. The van der Waals surface area contributed by atoms with E-state index in [-0.39, 0.29) is 0 Å². The molecule has 0 saturated carbocycles. The lowest BCUT2D eigenvalue weighted by molar-refractivity contribution is 0.425. The summed E-state index contributed by atoms with van der Waals surface area (Å²) in [5.74, 6) is 1.15. The van der Waals surface area contributed by atoms with Gasteiger partial charge < -0.3 is 5.32 Å². The molecular formula is C19H18BrN. The molecular weight excluding hydrogens is 322 g/mol. The van der Waals surface area contributed by atoms with Gasteiger partial charge in [0.2, 0.25) is 0 Å². The van der Waals surface area contributed by atoms with Crippen molar-refractivity contribution in [1.82, 2.24) is 0 Å². The average Bonchev–Trinajstić information content (AvgIpc) is 2.96. The van der Waals surface area contributed by atoms with Crippen LogP contribution < -0.4 is 5.32 Å². The molecule has 0 saturated heterocycles. The fourth-order valence-corrected chi connectivity index (χ4v) is 4.14. The van der Waals surface area contributed by atoms with E-state index in [1.54, 1.807) is 0 Å². The van der Waals surface area contributed by atoms with E-state index in [0.717, 1.165) is 10.9 Å². The van der Waals surface area contributed by atoms with Crippen LogP contribution in [0.3, 0.4) is 0 Å². The van der Waals surface area contributed by atoms with Crippen LogP contribution in [0.15, 0.2) is 59.1 Å². The minimum atomic E-state index is 0.401. The molecule has 1 heterocycles. The quantitative estimate of drug-likeness (QED) is 0.668. The summed E-state index contributed by atoms with van der Waals surface area (Å²) in [7, 11) is 0. The molecule has 106 valence electrons. The van der Waals surface area contributed by atoms with Gasteiger partial charge in [-0.1, -0.05) is 57.9 Å². The van der Waals surface area contributed by atoms with Gasteiger partial charge in [-0.05, 0) is 48.6 Å². The molecule has 3 unspecified atom stereocenters. The van der Waals surface area contributed by atoms with Gasteiger partial charge in [-0.2, -0.15) is 0 Å². The van der Waals surface area contributed by atoms with Crippen molar-refractivity contribution in [2.24, 2.45) is 5.92 Å². The maximum absolute atomic E-state index is 3.78. The van der Waals surface area contributed by atoms with Crippen LogP contribution in [0.2, 0.25) is 0 Å². The zero-order chi connectivity index (χ0) is 14.4. The summed E-state index contributed by atoms with van der Waals surface area (Å²) in [5, 5.41) is 3.78. The van der Waals surface area contributed by atoms with E-state index in [9.17, 15) is 0 Å². The fourth-order valence-electron chi connectivity index (χ4n) is 3.76. The minimum absolute atomic E-state index is 0.401. The SMILES string of the molecule is Cc1cccc(C2Nc3ccc(Br)cc3C3C=CCC32)c1. The Morgan fingerprint density at radius 1 is 1.14 bits per heavy atom. The zero-order valence-corrected chi connectivity index (χ0v) is 13.6. The second kappa shape index (κ2) is 5.03. The molecule has 0 bridgehead atoms. The van der Waals surface area contributed by atoms with Gasteiger partial charge in [-0.15, -0.1) is 0 Å². The molecule has 1 nitrogen and oxygen atoms in total. The minimum Gasteiger partial charge on any atom is -0.378 e. The highest BCUT2D eigenvalue weighted by Gasteiger charge is 2.37. The first kappa shape index (κ1) is 13.1. The number of halogens is 1. The summed E-state index contributed by atoms with van der Waals surface area (Å²) in [4.78, 5) is 0. The number of allylic oxidation sites excluding steroid dienone is 2. The van der Waals surface area contributed by atoms with E-state index >= 15 is 0 Å². The Balaban J connectivity index is 1.80. The van der Waals surface area contributed by atoms with Crippen molar-refractivity contribution < 1.29 is 0 Å². The fraction of sp³-hybridized carbons (Fsp3) is 0.263. The number of hydrogen-bond acceptors (Lipinski definition) is 1. The highest BCUT2D eigenvalue weighted by atomic mass is 79.9. The molecule has 21 heavy (non-hydrogen) atoms. The van der Waals surface area contributed by atoms with E-state index in [2.05, 4.69) is 82.8 Å². The van der Waals surface area contributed by atoms with Gasteiger partial charge in [-0.3, -0.25) is 0 Å². The third-order valence-electron chi connectivity index (χ3n) is 4.73. The molecule has 1 aliphatic heterocycles. The zero-order valence-electron chi connectivity index (χ0n) is 12.0. The van der Waals surface area contributed by atoms with Crippen LogP contribution in [0.1, 0.15) is 35.1 Å². The van der Waals surface area contributed by atoms with E-state index in [0.29, 0.717) is 17.9 Å². The maximum atomic E-state index is 3.78. The summed E-state index contributed by atoms with van der Waals surface area (Å²) in [5.41, 5.74) is 5.44. The van der Waals surface area contributed by atoms with E-state index in [1.165, 1.54) is 22.4 Å². The summed E-state index contributed by atoms with van der Waals surface area (Å²) < 4.78 is 1.16. The van der Waals surface area contributed by atoms with Crippen LogP contribution in [-0.4, -0.2) is 0 Å². The molecule has 0 fully saturated rings. The smallest absolute Gasteiger partial charge is 0.0554 e. The lowest BCUT2D eigenvalue weighted by Gasteiger charge is -2.37. The van der Waals surface area contributed by atoms with E-state index < -0.39 is 0 Å². The average molecular weight is 340 g/mol. The van der Waals surface area contributed by atoms with Crippen LogP contribution >= 0.6 is 15.9 Å². The first-order chi connectivity index (χ1) is 10.2. The van der Waals surface area contributed by atoms with Crippen molar-refractivity contribution in [3.05, 3.63) is 75.8 Å². The molecule has 4 rings (SSSR count). The van der Waals surface area contributed by atoms with Crippen LogP contribution in [0, 0.1) is 12.8 Å². The Labute approximate surface area is 134 Å². The summed E-state index contributed by atoms with van der Waals surface area (Å²) >= 11 is 3.61. The first-order valence-corrected chi connectivity index (χ1v) is 8.31. The number of rotatable bonds is 1. The number of anilines is 1. The lowest BCUT2D eigenvalue weighted by atomic mass is 9.77. The standard InChI is InChI=1S/C19H18BrN/c1-12-4-2-5-13(10-12)19-16-7-3-6-15(16)17-11-14(20)8-9-18(17)21-19/h2-6,8-11,15-16,19,21H,7H2,1H3. The topological polar surface area (TPSA) is 12.0 Å². The van der Waals surface area contributed by atoms with Gasteiger partial charge >= 0.3 is 0 Å². The molecule has 2 aromatic rings. The molecule has 0 spiro atoms. The first-order valence-electron chi connectivity index (χ1n) is 7.51. The van der Waals surface area contributed by atoms with Crippen molar-refractivity contribution in [3.63, 3.8) is 0 Å². The number of nitrogens with one attached hydrogen (secondary N) is 1. The van der Waals surface area contributed by atoms with Crippen molar-refractivity contribution in [1.29, 1.82) is 0 Å². The summed E-state index contributed by atoms with van der Waals surface area (Å²) in [6.07, 6.45) is 5.89. The van der Waals surface area contributed by atoms with Gasteiger partial charge in [-0.25, -0.2) is 0 Å². The predicted molar refractivity (Wildman–Crippen MR) is 91.7 cm³/mol. The molecule has 2 aromatic carbocycles. The third kappa shape index (κ3) is 2.22. The van der Waals surface area contributed by atoms with Gasteiger partial charge in [0.25, 0.3) is 0 Å². The van der Waals surface area contributed by atoms with Crippen molar-refractivity contribution >= 4 is 21.6 Å². The van der Waals surface area contributed by atoms with E-state index in [4.69, 9.17) is 0 Å². The lowest BCUT2D eigenvalue weighted by Crippen LogP contribution is -2.29. The maximum Gasteiger partial charge on any atom is 0.0554 e. The Kier molecular flexibility index (Phi) is 3.15. The largest absolute Gasteiger partial charge is 0.378 e. The number of benzene rings is 2. The molecule has 3 atom stereocenters. The Hall–Kier alpha value is -1.54. The monoisotopic (exact) mass is 339 g/mol. The summed E-state index contributed by atoms with van der Waals surface area (Å²) in [6.45, 7) is 2.17. The number of hydrogen-bond donors (Lipinski definition) is 1. The Morgan fingerprint density at radius 3 is 2.90 bits per heavy atom. The second-order valence-corrected chi connectivity index (χ2v) is 7.04. The molecule has 0 aromatic heterocycles. The highest BCUT2D eigenvalue weighted by Crippen LogP contribution is 2.50. The molecule has 1 aliphatic carbocycles. The van der Waals surface area contributed by atoms with Crippen LogP contribution in [0.25, 0.3) is 0 Å². The normalized spacial score (nSPS) is 26.1. The van der Waals surface area contributed by atoms with Gasteiger partial charge in [0.15, 0.2) is 0 Å². The van der Waals surface area contributed by atoms with Gasteiger partial charge in [0.1, 0.15) is 0 Å². The van der Waals surface area contributed by atoms with Gasteiger partial charge in [0.05, 0.1) is 6.04 Å². The predicted octanol–water partition coefficient (Wildman–Crippen LogP) is 5.58. The Morgan fingerprint density at radius 2 is 2.05 bits per heavy atom. The molecule has 1 N–H and O–H groups in total. The van der Waals surface area contributed by atoms with Gasteiger partial charge in [0, 0.05) is 16.1 Å². The van der Waals surface area contributed by atoms with Crippen LogP contribution in [-0.2, 0) is 0 Å². The highest BCUT2D eigenvalue weighted by molar-refractivity contribution is 9.10. The van der Waals surface area contributed by atoms with Crippen LogP contribution in [0.5, 0.6) is 0 Å².